The number of ether oxygens (including phenoxy) is 1. The molecule has 2 N–H and O–H groups in total. The van der Waals surface area contributed by atoms with Crippen molar-refractivity contribution in [1.82, 2.24) is 10.7 Å². The van der Waals surface area contributed by atoms with Gasteiger partial charge in [0.1, 0.15) is 18.0 Å². The summed E-state index contributed by atoms with van der Waals surface area (Å²) in [6, 6.07) is 0. The molecule has 0 aromatic carbocycles. The van der Waals surface area contributed by atoms with Crippen LogP contribution in [0.15, 0.2) is 70.4 Å². The minimum absolute atomic E-state index is 0.244. The molecule has 6 heteroatoms. The zero-order chi connectivity index (χ0) is 16.5. The number of carbonyl (C=O) groups is 1. The topological polar surface area (TPSA) is 75.1 Å². The molecule has 1 aliphatic heterocycles. The Morgan fingerprint density at radius 1 is 1.41 bits per heavy atom. The Labute approximate surface area is 130 Å². The number of hydrogen-bond donors (Lipinski definition) is 2. The molecule has 6 nitrogen and oxygen atoms in total. The highest BCUT2D eigenvalue weighted by Crippen LogP contribution is 2.08. The van der Waals surface area contributed by atoms with Crippen molar-refractivity contribution in [3.8, 4) is 0 Å². The smallest absolute Gasteiger partial charge is 0.273 e. The summed E-state index contributed by atoms with van der Waals surface area (Å²) in [5.41, 5.74) is 4.93. The largest absolute Gasteiger partial charge is 0.472 e. The Morgan fingerprint density at radius 2 is 2.14 bits per heavy atom. The number of rotatable bonds is 6. The second-order valence-corrected chi connectivity index (χ2v) is 4.27. The molecule has 0 spiro atoms. The Hall–Kier alpha value is -2.89. The van der Waals surface area contributed by atoms with E-state index in [0.717, 1.165) is 11.3 Å². The molecule has 0 atom stereocenters. The molecule has 0 radical (unpaired) electrons. The van der Waals surface area contributed by atoms with E-state index in [1.165, 1.54) is 0 Å². The molecule has 22 heavy (non-hydrogen) atoms. The molecule has 0 bridgehead atoms. The Morgan fingerprint density at radius 3 is 2.64 bits per heavy atom. The molecule has 1 rings (SSSR count). The van der Waals surface area contributed by atoms with Crippen LogP contribution in [0.1, 0.15) is 13.8 Å². The molecule has 0 unspecified atom stereocenters. The minimum Gasteiger partial charge on any atom is -0.472 e. The van der Waals surface area contributed by atoms with Crippen LogP contribution in [0.4, 0.5) is 0 Å². The minimum atomic E-state index is -0.356. The van der Waals surface area contributed by atoms with Crippen LogP contribution < -0.4 is 10.7 Å². The second kappa shape index (κ2) is 8.41. The van der Waals surface area contributed by atoms with Crippen molar-refractivity contribution in [1.29, 1.82) is 0 Å². The lowest BCUT2D eigenvalue weighted by atomic mass is 10.1. The predicted octanol–water partition coefficient (Wildman–Crippen LogP) is 2.17. The van der Waals surface area contributed by atoms with Gasteiger partial charge in [-0.15, -0.1) is 0 Å². The third kappa shape index (κ3) is 4.90. The van der Waals surface area contributed by atoms with E-state index < -0.39 is 0 Å². The number of hydrazone groups is 1. The van der Waals surface area contributed by atoms with Crippen LogP contribution in [-0.2, 0) is 9.53 Å². The Bertz CT molecular complexity index is 610. The maximum atomic E-state index is 11.8. The van der Waals surface area contributed by atoms with Crippen LogP contribution >= 0.6 is 0 Å². The lowest BCUT2D eigenvalue weighted by molar-refractivity contribution is -0.116. The van der Waals surface area contributed by atoms with Crippen molar-refractivity contribution in [3.05, 3.63) is 60.3 Å². The van der Waals surface area contributed by atoms with E-state index in [2.05, 4.69) is 40.7 Å². The number of allylic oxidation sites excluding steroid dienone is 4. The van der Waals surface area contributed by atoms with Crippen molar-refractivity contribution in [3.63, 3.8) is 0 Å². The van der Waals surface area contributed by atoms with Crippen LogP contribution in [0, 0.1) is 0 Å². The number of hydrogen-bond acceptors (Lipinski definition) is 5. The highest BCUT2D eigenvalue weighted by molar-refractivity contribution is 6.03. The number of amides is 1. The molecular formula is C16H20N4O2. The highest BCUT2D eigenvalue weighted by atomic mass is 16.5. The van der Waals surface area contributed by atoms with Gasteiger partial charge in [0.05, 0.1) is 0 Å². The summed E-state index contributed by atoms with van der Waals surface area (Å²) in [5.74, 6) is 0.0566. The second-order valence-electron chi connectivity index (χ2n) is 4.27. The third-order valence-corrected chi connectivity index (χ3v) is 2.76. The summed E-state index contributed by atoms with van der Waals surface area (Å²) in [7, 11) is 0. The van der Waals surface area contributed by atoms with Crippen LogP contribution in [-0.4, -0.2) is 24.9 Å². The zero-order valence-corrected chi connectivity index (χ0v) is 12.8. The first-order valence-electron chi connectivity index (χ1n) is 6.64. The van der Waals surface area contributed by atoms with Crippen LogP contribution in [0.25, 0.3) is 0 Å². The normalized spacial score (nSPS) is 15.7. The average Bonchev–Trinajstić information content (AvgIpc) is 2.50. The fourth-order valence-electron chi connectivity index (χ4n) is 1.59. The van der Waals surface area contributed by atoms with Crippen molar-refractivity contribution in [2.24, 2.45) is 10.1 Å². The number of nitrogens with zero attached hydrogens (tertiary/aromatic N) is 2. The fraction of sp³-hybridized carbons (Fsp3) is 0.188. The van der Waals surface area contributed by atoms with Crippen molar-refractivity contribution in [2.75, 3.05) is 6.61 Å². The summed E-state index contributed by atoms with van der Waals surface area (Å²) >= 11 is 0. The molecule has 0 aromatic heterocycles. The molecule has 0 aliphatic carbocycles. The van der Waals surface area contributed by atoms with Gasteiger partial charge in [-0.05, 0) is 38.8 Å². The van der Waals surface area contributed by atoms with E-state index in [-0.39, 0.29) is 11.6 Å². The van der Waals surface area contributed by atoms with Crippen molar-refractivity contribution >= 4 is 18.3 Å². The zero-order valence-electron chi connectivity index (χ0n) is 12.8. The van der Waals surface area contributed by atoms with Crippen LogP contribution in [0.2, 0.25) is 0 Å². The summed E-state index contributed by atoms with van der Waals surface area (Å²) in [6.07, 6.45) is 6.92. The van der Waals surface area contributed by atoms with Gasteiger partial charge >= 0.3 is 0 Å². The summed E-state index contributed by atoms with van der Waals surface area (Å²) in [6.45, 7) is 14.6. The van der Waals surface area contributed by atoms with E-state index in [0.29, 0.717) is 18.2 Å². The van der Waals surface area contributed by atoms with E-state index in [1.54, 1.807) is 25.2 Å². The van der Waals surface area contributed by atoms with E-state index in [1.807, 2.05) is 13.0 Å². The molecule has 116 valence electrons. The van der Waals surface area contributed by atoms with Gasteiger partial charge in [-0.1, -0.05) is 24.8 Å². The quantitative estimate of drug-likeness (QED) is 0.448. The third-order valence-electron chi connectivity index (χ3n) is 2.76. The first-order valence-corrected chi connectivity index (χ1v) is 6.64. The average molecular weight is 300 g/mol. The molecule has 0 aromatic rings. The van der Waals surface area contributed by atoms with E-state index >= 15 is 0 Å². The molecule has 1 heterocycles. The van der Waals surface area contributed by atoms with Gasteiger partial charge in [0.2, 0.25) is 0 Å². The maximum Gasteiger partial charge on any atom is 0.273 e. The van der Waals surface area contributed by atoms with Crippen LogP contribution in [0.5, 0.6) is 0 Å². The predicted molar refractivity (Wildman–Crippen MR) is 89.1 cm³/mol. The number of nitrogens with one attached hydrogen (secondary N) is 2. The first kappa shape index (κ1) is 17.2. The first-order chi connectivity index (χ1) is 10.5. The maximum absolute atomic E-state index is 11.8. The SMILES string of the molecule is C=N/C(=C\C)C(=O)NC(=C)/C=C\C(=C/C)C1=NNC(=C)OC1. The molecule has 0 saturated heterocycles. The van der Waals surface area contributed by atoms with Crippen LogP contribution in [0.3, 0.4) is 0 Å². The lowest BCUT2D eigenvalue weighted by Gasteiger charge is -2.17. The Kier molecular flexibility index (Phi) is 6.56. The van der Waals surface area contributed by atoms with Gasteiger partial charge < -0.3 is 10.1 Å². The van der Waals surface area contributed by atoms with Gasteiger partial charge in [-0.2, -0.15) is 5.10 Å². The monoisotopic (exact) mass is 300 g/mol. The number of carbonyl (C=O) groups excluding carboxylic acids is 1. The van der Waals surface area contributed by atoms with Gasteiger partial charge in [0, 0.05) is 5.70 Å². The highest BCUT2D eigenvalue weighted by Gasteiger charge is 2.11. The summed E-state index contributed by atoms with van der Waals surface area (Å²) < 4.78 is 5.28. The lowest BCUT2D eigenvalue weighted by Crippen LogP contribution is -2.24. The van der Waals surface area contributed by atoms with Gasteiger partial charge in [-0.25, -0.2) is 5.43 Å². The molecule has 0 saturated carbocycles. The van der Waals surface area contributed by atoms with Gasteiger partial charge in [0.15, 0.2) is 5.88 Å². The summed E-state index contributed by atoms with van der Waals surface area (Å²) in [4.78, 5) is 15.4. The Balaban J connectivity index is 2.70. The van der Waals surface area contributed by atoms with E-state index in [4.69, 9.17) is 4.74 Å². The van der Waals surface area contributed by atoms with Crippen molar-refractivity contribution < 1.29 is 9.53 Å². The summed E-state index contributed by atoms with van der Waals surface area (Å²) in [5, 5.41) is 6.77. The standard InChI is InChI=1S/C16H20N4O2/c1-6-13(15-10-22-12(4)19-20-15)9-8-11(3)18-16(21)14(7-2)17-5/h6-9,19H,3-5,10H2,1-2H3,(H,18,21)/b9-8-,13-6+,14-7-. The van der Waals surface area contributed by atoms with Gasteiger partial charge in [-0.3, -0.25) is 9.79 Å². The van der Waals surface area contributed by atoms with Gasteiger partial charge in [0.25, 0.3) is 5.91 Å². The van der Waals surface area contributed by atoms with E-state index in [9.17, 15) is 4.79 Å². The molecule has 1 aliphatic rings. The number of aliphatic imine (C=N–C) groups is 1. The molecule has 1 amide bonds. The fourth-order valence-corrected chi connectivity index (χ4v) is 1.59. The van der Waals surface area contributed by atoms with Crippen molar-refractivity contribution in [2.45, 2.75) is 13.8 Å². The molecule has 0 fully saturated rings. The molecular weight excluding hydrogens is 280 g/mol.